The summed E-state index contributed by atoms with van der Waals surface area (Å²) in [5.41, 5.74) is 5.03. The molecule has 1 N–H and O–H groups in total. The minimum atomic E-state index is -1.38. The van der Waals surface area contributed by atoms with Gasteiger partial charge in [-0.3, -0.25) is 0 Å². The average Bonchev–Trinajstić information content (AvgIpc) is 3.24. The maximum absolute atomic E-state index is 14.8. The maximum atomic E-state index is 14.8. The molecule has 3 rings (SSSR count). The molecular weight excluding hydrogens is 429 g/mol. The molecule has 35 heavy (non-hydrogen) atoms. The number of terminal acetylenes is 1. The molecule has 0 radical (unpaired) electrons. The smallest absolute Gasteiger partial charge is 0.128 e. The molecule has 2 heteroatoms. The lowest BCUT2D eigenvalue weighted by molar-refractivity contribution is 0.0814. The number of nitrogens with one attached hydrogen (secondary N) is 1. The van der Waals surface area contributed by atoms with Crippen LogP contribution in [0.2, 0.25) is 0 Å². The van der Waals surface area contributed by atoms with Gasteiger partial charge in [-0.1, -0.05) is 78.7 Å². The standard InChI is InChI=1S/C33H44FN/c1-10-12-15-24(14-11-2)28-29-27(25-18-30(5,6)22-31(7,8)19-25)20-33(28,29)26(21-35)16-13-17-32(9,34)23(3)4/h1,12-17,20-21,23,25,35H,11,18-19,22H2,2-9H3/b15-12-,17-13+,24-14-,26-16+,35-21?. The molecule has 1 saturated carbocycles. The van der Waals surface area contributed by atoms with Crippen LogP contribution in [0.3, 0.4) is 0 Å². The van der Waals surface area contributed by atoms with Crippen molar-refractivity contribution in [2.24, 2.45) is 28.1 Å². The van der Waals surface area contributed by atoms with Gasteiger partial charge in [-0.05, 0) is 101 Å². The van der Waals surface area contributed by atoms with Gasteiger partial charge in [0.2, 0.25) is 0 Å². The fraction of sp³-hybridized carbons (Fsp3) is 0.545. The van der Waals surface area contributed by atoms with Crippen molar-refractivity contribution in [1.29, 1.82) is 5.41 Å². The van der Waals surface area contributed by atoms with Gasteiger partial charge in [0.05, 0.1) is 5.41 Å². The van der Waals surface area contributed by atoms with E-state index in [0.717, 1.165) is 17.6 Å². The second kappa shape index (κ2) is 9.57. The van der Waals surface area contributed by atoms with E-state index in [1.807, 2.05) is 26.0 Å². The normalized spacial score (nSPS) is 28.0. The van der Waals surface area contributed by atoms with E-state index in [4.69, 9.17) is 11.8 Å². The molecule has 188 valence electrons. The Labute approximate surface area is 213 Å². The van der Waals surface area contributed by atoms with Crippen LogP contribution in [-0.4, -0.2) is 11.9 Å². The van der Waals surface area contributed by atoms with Gasteiger partial charge in [-0.2, -0.15) is 0 Å². The summed E-state index contributed by atoms with van der Waals surface area (Å²) in [4.78, 5) is 0. The average molecular weight is 474 g/mol. The molecule has 1 nitrogen and oxygen atoms in total. The second-order valence-electron chi connectivity index (χ2n) is 12.8. The van der Waals surface area contributed by atoms with Crippen LogP contribution in [-0.2, 0) is 0 Å². The van der Waals surface area contributed by atoms with Crippen molar-refractivity contribution in [2.45, 2.75) is 86.7 Å². The van der Waals surface area contributed by atoms with Crippen LogP contribution in [0, 0.1) is 45.8 Å². The summed E-state index contributed by atoms with van der Waals surface area (Å²) in [6, 6.07) is 0. The van der Waals surface area contributed by atoms with Crippen LogP contribution >= 0.6 is 0 Å². The predicted octanol–water partition coefficient (Wildman–Crippen LogP) is 9.12. The third-order valence-electron chi connectivity index (χ3n) is 8.14. The molecule has 0 heterocycles. The van der Waals surface area contributed by atoms with Crippen molar-refractivity contribution in [3.05, 3.63) is 70.4 Å². The van der Waals surface area contributed by atoms with Crippen LogP contribution in [0.1, 0.15) is 81.1 Å². The lowest BCUT2D eigenvalue weighted by Gasteiger charge is -2.47. The quantitative estimate of drug-likeness (QED) is 0.196. The molecule has 2 atom stereocenters. The summed E-state index contributed by atoms with van der Waals surface area (Å²) >= 11 is 0. The second-order valence-corrected chi connectivity index (χ2v) is 12.8. The maximum Gasteiger partial charge on any atom is 0.128 e. The van der Waals surface area contributed by atoms with E-state index in [1.54, 1.807) is 25.2 Å². The highest BCUT2D eigenvalue weighted by Gasteiger charge is 2.63. The lowest BCUT2D eigenvalue weighted by Crippen LogP contribution is -2.36. The Kier molecular flexibility index (Phi) is 7.44. The van der Waals surface area contributed by atoms with E-state index >= 15 is 0 Å². The zero-order chi connectivity index (χ0) is 26.2. The number of rotatable bonds is 9. The molecule has 0 saturated heterocycles. The first kappa shape index (κ1) is 27.2. The minimum absolute atomic E-state index is 0.111. The molecule has 3 aliphatic carbocycles. The predicted molar refractivity (Wildman–Crippen MR) is 149 cm³/mol. The van der Waals surface area contributed by atoms with Crippen LogP contribution in [0.5, 0.6) is 0 Å². The fourth-order valence-corrected chi connectivity index (χ4v) is 6.61. The number of hydrogen-bond acceptors (Lipinski definition) is 1. The summed E-state index contributed by atoms with van der Waals surface area (Å²) in [6.45, 7) is 17.1. The Morgan fingerprint density at radius 1 is 1.26 bits per heavy atom. The van der Waals surface area contributed by atoms with Crippen molar-refractivity contribution >= 4 is 6.21 Å². The van der Waals surface area contributed by atoms with Crippen molar-refractivity contribution < 1.29 is 4.39 Å². The zero-order valence-corrected chi connectivity index (χ0v) is 23.1. The van der Waals surface area contributed by atoms with Gasteiger partial charge in [0.15, 0.2) is 0 Å². The number of fused-ring (bicyclic) bond motifs is 1. The molecule has 3 aliphatic rings. The minimum Gasteiger partial charge on any atom is -0.308 e. The first-order chi connectivity index (χ1) is 16.2. The van der Waals surface area contributed by atoms with Gasteiger partial charge in [-0.25, -0.2) is 4.39 Å². The van der Waals surface area contributed by atoms with Crippen molar-refractivity contribution in [2.75, 3.05) is 0 Å². The molecule has 0 bridgehead atoms. The summed E-state index contributed by atoms with van der Waals surface area (Å²) < 4.78 is 14.8. The van der Waals surface area contributed by atoms with Gasteiger partial charge in [-0.15, -0.1) is 6.42 Å². The summed E-state index contributed by atoms with van der Waals surface area (Å²) in [5, 5.41) is 8.26. The van der Waals surface area contributed by atoms with Gasteiger partial charge in [0.25, 0.3) is 0 Å². The molecule has 0 spiro atoms. The van der Waals surface area contributed by atoms with Crippen LogP contribution in [0.25, 0.3) is 0 Å². The Bertz CT molecular complexity index is 1070. The SMILES string of the molecule is C#C/C=C\C(=C\CC)C1=C2C(C3CC(C)(C)CC(C)(C)C3)=CC21/C(C=N)=C/C=C/C(C)(F)C(C)C. The third-order valence-corrected chi connectivity index (χ3v) is 8.14. The molecule has 0 aliphatic heterocycles. The summed E-state index contributed by atoms with van der Waals surface area (Å²) in [6.07, 6.45) is 25.3. The first-order valence-electron chi connectivity index (χ1n) is 13.2. The first-order valence-corrected chi connectivity index (χ1v) is 13.2. The Hall–Kier alpha value is -2.40. The highest BCUT2D eigenvalue weighted by atomic mass is 19.1. The largest absolute Gasteiger partial charge is 0.308 e. The highest BCUT2D eigenvalue weighted by molar-refractivity contribution is 5.95. The molecule has 2 unspecified atom stereocenters. The molecule has 0 aromatic heterocycles. The van der Waals surface area contributed by atoms with E-state index in [2.05, 4.69) is 52.7 Å². The Morgan fingerprint density at radius 3 is 2.40 bits per heavy atom. The Balaban J connectivity index is 2.05. The molecule has 0 aromatic rings. The van der Waals surface area contributed by atoms with E-state index in [9.17, 15) is 4.39 Å². The number of halogens is 1. The topological polar surface area (TPSA) is 23.9 Å². The number of allylic oxidation sites excluding steroid dienone is 12. The number of hydrogen-bond donors (Lipinski definition) is 1. The molecule has 0 aromatic carbocycles. The molecule has 0 amide bonds. The van der Waals surface area contributed by atoms with E-state index in [-0.39, 0.29) is 11.3 Å². The van der Waals surface area contributed by atoms with Crippen LogP contribution < -0.4 is 0 Å². The number of alkyl halides is 1. The lowest BCUT2D eigenvalue weighted by atomic mass is 9.57. The van der Waals surface area contributed by atoms with Gasteiger partial charge in [0.1, 0.15) is 5.67 Å². The summed E-state index contributed by atoms with van der Waals surface area (Å²) in [7, 11) is 0. The van der Waals surface area contributed by atoms with Crippen LogP contribution in [0.15, 0.2) is 70.4 Å². The van der Waals surface area contributed by atoms with E-state index in [1.165, 1.54) is 42.2 Å². The molecular formula is C33H44FN. The van der Waals surface area contributed by atoms with E-state index in [0.29, 0.717) is 16.7 Å². The fourth-order valence-electron chi connectivity index (χ4n) is 6.61. The van der Waals surface area contributed by atoms with Gasteiger partial charge >= 0.3 is 0 Å². The summed E-state index contributed by atoms with van der Waals surface area (Å²) in [5.74, 6) is 3.04. The molecule has 1 fully saturated rings. The van der Waals surface area contributed by atoms with Crippen LogP contribution in [0.4, 0.5) is 4.39 Å². The van der Waals surface area contributed by atoms with E-state index < -0.39 is 5.67 Å². The third kappa shape index (κ3) is 5.25. The van der Waals surface area contributed by atoms with Crippen molar-refractivity contribution in [3.63, 3.8) is 0 Å². The zero-order valence-electron chi connectivity index (χ0n) is 23.1. The highest BCUT2D eigenvalue weighted by Crippen LogP contribution is 2.73. The van der Waals surface area contributed by atoms with Gasteiger partial charge in [0, 0.05) is 6.21 Å². The van der Waals surface area contributed by atoms with Crippen molar-refractivity contribution in [3.8, 4) is 12.3 Å². The van der Waals surface area contributed by atoms with Gasteiger partial charge < -0.3 is 5.41 Å². The van der Waals surface area contributed by atoms with Crippen molar-refractivity contribution in [1.82, 2.24) is 0 Å². The monoisotopic (exact) mass is 473 g/mol. The Morgan fingerprint density at radius 2 is 1.89 bits per heavy atom.